The van der Waals surface area contributed by atoms with Gasteiger partial charge in [-0.05, 0) is 49.6 Å². The molecule has 7 nitrogen and oxygen atoms in total. The van der Waals surface area contributed by atoms with Crippen molar-refractivity contribution in [2.45, 2.75) is 26.7 Å². The Kier molecular flexibility index (Phi) is 6.94. The predicted molar refractivity (Wildman–Crippen MR) is 97.2 cm³/mol. The predicted octanol–water partition coefficient (Wildman–Crippen LogP) is 1.43. The van der Waals surface area contributed by atoms with E-state index in [1.165, 1.54) is 19.8 Å². The summed E-state index contributed by atoms with van der Waals surface area (Å²) >= 11 is 0. The molecule has 0 saturated heterocycles. The van der Waals surface area contributed by atoms with E-state index in [0.29, 0.717) is 23.8 Å². The van der Waals surface area contributed by atoms with E-state index in [-0.39, 0.29) is 30.8 Å². The molecule has 7 heteroatoms. The minimum atomic E-state index is -0.177. The van der Waals surface area contributed by atoms with Gasteiger partial charge in [-0.15, -0.1) is 0 Å². The van der Waals surface area contributed by atoms with E-state index in [1.807, 2.05) is 6.92 Å². The second-order valence-corrected chi connectivity index (χ2v) is 6.36. The smallest absolute Gasteiger partial charge is 0.238 e. The van der Waals surface area contributed by atoms with Gasteiger partial charge in [-0.2, -0.15) is 0 Å². The van der Waals surface area contributed by atoms with Crippen LogP contribution in [0.3, 0.4) is 0 Å². The van der Waals surface area contributed by atoms with Crippen molar-refractivity contribution in [2.24, 2.45) is 5.92 Å². The lowest BCUT2D eigenvalue weighted by Gasteiger charge is -2.19. The third-order valence-corrected chi connectivity index (χ3v) is 3.96. The first kappa shape index (κ1) is 18.9. The molecule has 3 N–H and O–H groups in total. The maximum absolute atomic E-state index is 12.1. The van der Waals surface area contributed by atoms with Crippen molar-refractivity contribution < 1.29 is 14.4 Å². The second kappa shape index (κ2) is 9.17. The van der Waals surface area contributed by atoms with Gasteiger partial charge in [0.25, 0.3) is 0 Å². The summed E-state index contributed by atoms with van der Waals surface area (Å²) in [5.41, 5.74) is 1.32. The molecule has 1 saturated carbocycles. The zero-order valence-corrected chi connectivity index (χ0v) is 14.8. The van der Waals surface area contributed by atoms with Gasteiger partial charge in [0.05, 0.1) is 13.1 Å². The van der Waals surface area contributed by atoms with Crippen molar-refractivity contribution in [2.75, 3.05) is 36.8 Å². The first-order valence-electron chi connectivity index (χ1n) is 8.62. The van der Waals surface area contributed by atoms with Crippen LogP contribution in [0.4, 0.5) is 11.4 Å². The zero-order chi connectivity index (χ0) is 18.2. The summed E-state index contributed by atoms with van der Waals surface area (Å²) in [6, 6.07) is 6.89. The summed E-state index contributed by atoms with van der Waals surface area (Å²) < 4.78 is 0. The fourth-order valence-corrected chi connectivity index (χ4v) is 2.36. The number of benzene rings is 1. The van der Waals surface area contributed by atoms with E-state index < -0.39 is 0 Å². The minimum Gasteiger partial charge on any atom is -0.355 e. The highest BCUT2D eigenvalue weighted by molar-refractivity contribution is 5.93. The van der Waals surface area contributed by atoms with Crippen LogP contribution in [0.15, 0.2) is 24.3 Å². The number of hydrogen-bond donors (Lipinski definition) is 3. The van der Waals surface area contributed by atoms with Gasteiger partial charge < -0.3 is 16.0 Å². The number of likely N-dealkylation sites (N-methyl/N-ethyl adjacent to an activating group) is 1. The molecule has 0 heterocycles. The number of anilines is 2. The molecule has 2 rings (SSSR count). The third-order valence-electron chi connectivity index (χ3n) is 3.96. The Morgan fingerprint density at radius 1 is 1.00 bits per heavy atom. The normalized spacial score (nSPS) is 13.4. The highest BCUT2D eigenvalue weighted by Gasteiger charge is 2.22. The van der Waals surface area contributed by atoms with Crippen molar-refractivity contribution >= 4 is 29.1 Å². The fourth-order valence-electron chi connectivity index (χ4n) is 2.36. The van der Waals surface area contributed by atoms with Crippen LogP contribution in [0, 0.1) is 5.92 Å². The highest BCUT2D eigenvalue weighted by atomic mass is 16.2. The molecule has 0 aromatic heterocycles. The average Bonchev–Trinajstić information content (AvgIpc) is 3.38. The van der Waals surface area contributed by atoms with E-state index in [9.17, 15) is 14.4 Å². The molecule has 0 spiro atoms. The van der Waals surface area contributed by atoms with Crippen LogP contribution in [0.25, 0.3) is 0 Å². The van der Waals surface area contributed by atoms with Crippen LogP contribution in [0.2, 0.25) is 0 Å². The molecule has 0 atom stereocenters. The van der Waals surface area contributed by atoms with Gasteiger partial charge in [0, 0.05) is 24.8 Å². The number of carbonyl (C=O) groups excluding carboxylic acids is 3. The molecule has 0 bridgehead atoms. The van der Waals surface area contributed by atoms with Gasteiger partial charge in [0.2, 0.25) is 17.7 Å². The van der Waals surface area contributed by atoms with Crippen LogP contribution < -0.4 is 16.0 Å². The average molecular weight is 346 g/mol. The quantitative estimate of drug-likeness (QED) is 0.631. The number of hydrogen-bond acceptors (Lipinski definition) is 4. The van der Waals surface area contributed by atoms with Crippen molar-refractivity contribution in [3.05, 3.63) is 24.3 Å². The first-order valence-corrected chi connectivity index (χ1v) is 8.62. The second-order valence-electron chi connectivity index (χ2n) is 6.36. The maximum Gasteiger partial charge on any atom is 0.238 e. The van der Waals surface area contributed by atoms with Gasteiger partial charge in [-0.1, -0.05) is 6.92 Å². The SMILES string of the molecule is CCN(CC(=O)NCC1CC1)CC(=O)Nc1ccc(NC(C)=O)cc1. The van der Waals surface area contributed by atoms with Crippen LogP contribution in [-0.4, -0.2) is 48.8 Å². The monoisotopic (exact) mass is 346 g/mol. The number of nitrogens with zero attached hydrogens (tertiary/aromatic N) is 1. The number of nitrogens with one attached hydrogen (secondary N) is 3. The number of amides is 3. The summed E-state index contributed by atoms with van der Waals surface area (Å²) in [6.07, 6.45) is 2.39. The Bertz CT molecular complexity index is 611. The molecular weight excluding hydrogens is 320 g/mol. The molecule has 0 radical (unpaired) electrons. The van der Waals surface area contributed by atoms with Gasteiger partial charge >= 0.3 is 0 Å². The molecular formula is C18H26N4O3. The van der Waals surface area contributed by atoms with Crippen LogP contribution >= 0.6 is 0 Å². The fraction of sp³-hybridized carbons (Fsp3) is 0.500. The number of rotatable bonds is 9. The Morgan fingerprint density at radius 3 is 2.08 bits per heavy atom. The molecule has 0 unspecified atom stereocenters. The molecule has 1 aliphatic rings. The van der Waals surface area contributed by atoms with Crippen molar-refractivity contribution in [3.63, 3.8) is 0 Å². The summed E-state index contributed by atoms with van der Waals surface area (Å²) in [4.78, 5) is 36.8. The molecule has 1 aromatic rings. The standard InChI is InChI=1S/C18H26N4O3/c1-3-22(11-17(24)19-10-14-4-5-14)12-18(25)21-16-8-6-15(7-9-16)20-13(2)23/h6-9,14H,3-5,10-12H2,1-2H3,(H,19,24)(H,20,23)(H,21,25). The minimum absolute atomic E-state index is 0.0405. The molecule has 3 amide bonds. The van der Waals surface area contributed by atoms with Crippen molar-refractivity contribution in [1.82, 2.24) is 10.2 Å². The van der Waals surface area contributed by atoms with Gasteiger partial charge in [-0.25, -0.2) is 0 Å². The Balaban J connectivity index is 1.76. The molecule has 136 valence electrons. The largest absolute Gasteiger partial charge is 0.355 e. The van der Waals surface area contributed by atoms with Crippen LogP contribution in [-0.2, 0) is 14.4 Å². The van der Waals surface area contributed by atoms with E-state index in [2.05, 4.69) is 16.0 Å². The topological polar surface area (TPSA) is 90.5 Å². The lowest BCUT2D eigenvalue weighted by molar-refractivity contribution is -0.123. The lowest BCUT2D eigenvalue weighted by atomic mass is 10.2. The van der Waals surface area contributed by atoms with E-state index in [1.54, 1.807) is 29.2 Å². The summed E-state index contributed by atoms with van der Waals surface area (Å²) in [5, 5.41) is 8.37. The van der Waals surface area contributed by atoms with Gasteiger partial charge in [0.15, 0.2) is 0 Å². The van der Waals surface area contributed by atoms with E-state index >= 15 is 0 Å². The van der Waals surface area contributed by atoms with E-state index in [0.717, 1.165) is 6.54 Å². The lowest BCUT2D eigenvalue weighted by Crippen LogP contribution is -2.41. The Labute approximate surface area is 148 Å². The molecule has 0 aliphatic heterocycles. The third kappa shape index (κ3) is 7.34. The molecule has 25 heavy (non-hydrogen) atoms. The van der Waals surface area contributed by atoms with Crippen LogP contribution in [0.5, 0.6) is 0 Å². The van der Waals surface area contributed by atoms with E-state index in [4.69, 9.17) is 0 Å². The summed E-state index contributed by atoms with van der Waals surface area (Å²) in [7, 11) is 0. The molecule has 1 aliphatic carbocycles. The Hall–Kier alpha value is -2.41. The van der Waals surface area contributed by atoms with Crippen molar-refractivity contribution in [3.8, 4) is 0 Å². The van der Waals surface area contributed by atoms with Crippen molar-refractivity contribution in [1.29, 1.82) is 0 Å². The first-order chi connectivity index (χ1) is 12.0. The highest BCUT2D eigenvalue weighted by Crippen LogP contribution is 2.27. The maximum atomic E-state index is 12.1. The Morgan fingerprint density at radius 2 is 1.56 bits per heavy atom. The number of carbonyl (C=O) groups is 3. The zero-order valence-electron chi connectivity index (χ0n) is 14.8. The summed E-state index contributed by atoms with van der Waals surface area (Å²) in [5.74, 6) is 0.281. The molecule has 1 aromatic carbocycles. The van der Waals surface area contributed by atoms with Crippen LogP contribution in [0.1, 0.15) is 26.7 Å². The summed E-state index contributed by atoms with van der Waals surface area (Å²) in [6.45, 7) is 5.09. The van der Waals surface area contributed by atoms with Gasteiger partial charge in [-0.3, -0.25) is 19.3 Å². The van der Waals surface area contributed by atoms with Gasteiger partial charge in [0.1, 0.15) is 0 Å². The molecule has 1 fully saturated rings.